The maximum absolute atomic E-state index is 7.35. The summed E-state index contributed by atoms with van der Waals surface area (Å²) in [6, 6.07) is 64.1. The summed E-state index contributed by atoms with van der Waals surface area (Å²) >= 11 is 0. The Hall–Kier alpha value is -7.96. The standard InChI is InChI=1S/C70H64BN3O2/c1-67(2,3)41-21-28-45(29-22-41)72(46-30-23-42(24-31-46)68(4,5)6)48-34-36-56-53(38-48)61-62-50-18-14-16-20-59(50)76-66(62)63-52-37-44(70(10,11)12)27-35-55(52)73-57-39-51-49-17-13-15-19-58(49)75-60(51)40-54(57)71(64(61)65(63)73)74(56)47-32-25-43(26-33-47)69(7,8)9/h13-40H,1-12H3. The number of furan rings is 2. The van der Waals surface area contributed by atoms with Crippen molar-refractivity contribution in [2.45, 2.75) is 105 Å². The number of fused-ring (bicyclic) bond motifs is 16. The highest BCUT2D eigenvalue weighted by Crippen LogP contribution is 2.53. The molecule has 0 bridgehead atoms. The second kappa shape index (κ2) is 15.8. The van der Waals surface area contributed by atoms with Gasteiger partial charge in [0, 0.05) is 66.6 Å². The quantitative estimate of drug-likeness (QED) is 0.165. The third kappa shape index (κ3) is 6.84. The van der Waals surface area contributed by atoms with Crippen molar-refractivity contribution in [1.82, 2.24) is 4.57 Å². The van der Waals surface area contributed by atoms with Gasteiger partial charge in [0.15, 0.2) is 0 Å². The van der Waals surface area contributed by atoms with Crippen LogP contribution in [0.2, 0.25) is 0 Å². The SMILES string of the molecule is CC(C)(C)c1ccc(N2B3c4cc5oc6ccccc6c5cc4-n4c5ccc(C(C)(C)C)cc5c5c6oc7ccccc7c6c(c3c54)-c3cc(N(c4ccc(C(C)(C)C)cc4)c4ccc(C(C)(C)C)cc4)ccc32)cc1. The van der Waals surface area contributed by atoms with Crippen LogP contribution in [0, 0.1) is 0 Å². The molecule has 2 aliphatic rings. The molecule has 6 heteroatoms. The molecule has 0 atom stereocenters. The van der Waals surface area contributed by atoms with Gasteiger partial charge in [-0.2, -0.15) is 0 Å². The van der Waals surface area contributed by atoms with E-state index in [1.165, 1.54) is 49.6 Å². The minimum atomic E-state index is -0.244. The third-order valence-electron chi connectivity index (χ3n) is 16.8. The molecule has 5 nitrogen and oxygen atoms in total. The van der Waals surface area contributed by atoms with Crippen molar-refractivity contribution in [3.05, 3.63) is 192 Å². The third-order valence-corrected chi connectivity index (χ3v) is 16.8. The molecule has 3 aromatic heterocycles. The number of aromatic nitrogens is 1. The Kier molecular flexibility index (Phi) is 9.68. The lowest BCUT2D eigenvalue weighted by Gasteiger charge is -2.42. The van der Waals surface area contributed by atoms with Crippen molar-refractivity contribution >= 4 is 112 Å². The molecule has 0 spiro atoms. The summed E-state index contributed by atoms with van der Waals surface area (Å²) in [6.45, 7) is 27.3. The first kappa shape index (κ1) is 46.6. The van der Waals surface area contributed by atoms with E-state index in [-0.39, 0.29) is 28.5 Å². The smallest absolute Gasteiger partial charge is 0.333 e. The first-order valence-electron chi connectivity index (χ1n) is 27.2. The molecule has 12 aromatic rings. The zero-order chi connectivity index (χ0) is 52.5. The summed E-state index contributed by atoms with van der Waals surface area (Å²) in [4.78, 5) is 5.08. The molecule has 2 aliphatic heterocycles. The summed E-state index contributed by atoms with van der Waals surface area (Å²) in [5.41, 5.74) is 22.6. The van der Waals surface area contributed by atoms with Crippen LogP contribution in [0.15, 0.2) is 179 Å². The van der Waals surface area contributed by atoms with E-state index in [2.05, 4.69) is 267 Å². The summed E-state index contributed by atoms with van der Waals surface area (Å²) in [5.74, 6) is 0. The zero-order valence-corrected chi connectivity index (χ0v) is 45.9. The lowest BCUT2D eigenvalue weighted by atomic mass is 9.43. The number of nitrogens with zero attached hydrogens (tertiary/aromatic N) is 3. The van der Waals surface area contributed by atoms with E-state index in [9.17, 15) is 0 Å². The number of benzene rings is 9. The van der Waals surface area contributed by atoms with E-state index in [0.717, 1.165) is 94.5 Å². The Bertz CT molecular complexity index is 4310. The normalized spacial score (nSPS) is 13.7. The van der Waals surface area contributed by atoms with Crippen molar-refractivity contribution in [2.75, 3.05) is 9.71 Å². The molecular formula is C70H64BN3O2. The Morgan fingerprint density at radius 1 is 0.421 bits per heavy atom. The average molecular weight is 990 g/mol. The fraction of sp³-hybridized carbons (Fsp3) is 0.229. The molecule has 9 aromatic carbocycles. The summed E-state index contributed by atoms with van der Waals surface area (Å²) < 4.78 is 16.8. The number of hydrogen-bond donors (Lipinski definition) is 0. The van der Waals surface area contributed by atoms with Gasteiger partial charge in [-0.15, -0.1) is 0 Å². The van der Waals surface area contributed by atoms with Crippen LogP contribution in [-0.2, 0) is 21.7 Å². The monoisotopic (exact) mass is 990 g/mol. The van der Waals surface area contributed by atoms with Crippen LogP contribution < -0.4 is 20.6 Å². The van der Waals surface area contributed by atoms with E-state index < -0.39 is 0 Å². The lowest BCUT2D eigenvalue weighted by Crippen LogP contribution is -2.60. The highest BCUT2D eigenvalue weighted by Gasteiger charge is 2.47. The molecule has 76 heavy (non-hydrogen) atoms. The molecule has 5 heterocycles. The number of rotatable bonds is 4. The average Bonchev–Trinajstić information content (AvgIpc) is 3.75. The molecule has 374 valence electrons. The van der Waals surface area contributed by atoms with Gasteiger partial charge in [0.05, 0.1) is 16.4 Å². The van der Waals surface area contributed by atoms with E-state index >= 15 is 0 Å². The van der Waals surface area contributed by atoms with Gasteiger partial charge < -0.3 is 23.1 Å². The van der Waals surface area contributed by atoms with E-state index in [4.69, 9.17) is 8.83 Å². The van der Waals surface area contributed by atoms with Gasteiger partial charge in [-0.05, 0) is 151 Å². The van der Waals surface area contributed by atoms with Gasteiger partial charge >= 0.3 is 6.85 Å². The molecule has 0 radical (unpaired) electrons. The fourth-order valence-corrected chi connectivity index (χ4v) is 12.7. The van der Waals surface area contributed by atoms with Crippen molar-refractivity contribution in [1.29, 1.82) is 0 Å². The molecule has 0 saturated carbocycles. The van der Waals surface area contributed by atoms with E-state index in [0.29, 0.717) is 0 Å². The molecule has 0 N–H and O–H groups in total. The summed E-state index contributed by atoms with van der Waals surface area (Å²) in [5, 5.41) is 6.83. The minimum Gasteiger partial charge on any atom is -0.456 e. The first-order valence-corrected chi connectivity index (χ1v) is 27.2. The Morgan fingerprint density at radius 2 is 0.961 bits per heavy atom. The van der Waals surface area contributed by atoms with Crippen LogP contribution in [0.1, 0.15) is 105 Å². The highest BCUT2D eigenvalue weighted by molar-refractivity contribution is 6.94. The second-order valence-electron chi connectivity index (χ2n) is 25.8. The molecule has 0 unspecified atom stereocenters. The second-order valence-corrected chi connectivity index (χ2v) is 25.8. The Morgan fingerprint density at radius 3 is 1.57 bits per heavy atom. The zero-order valence-electron chi connectivity index (χ0n) is 45.9. The van der Waals surface area contributed by atoms with Crippen molar-refractivity contribution < 1.29 is 8.83 Å². The molecular weight excluding hydrogens is 926 g/mol. The molecule has 14 rings (SSSR count). The van der Waals surface area contributed by atoms with E-state index in [1.54, 1.807) is 0 Å². The molecule has 0 saturated heterocycles. The van der Waals surface area contributed by atoms with Gasteiger partial charge in [-0.25, -0.2) is 0 Å². The van der Waals surface area contributed by atoms with Gasteiger partial charge in [-0.1, -0.05) is 162 Å². The van der Waals surface area contributed by atoms with Crippen molar-refractivity contribution in [3.8, 4) is 16.8 Å². The largest absolute Gasteiger partial charge is 0.456 e. The van der Waals surface area contributed by atoms with Gasteiger partial charge in [0.2, 0.25) is 0 Å². The predicted octanol–water partition coefficient (Wildman–Crippen LogP) is 18.5. The molecule has 0 amide bonds. The Balaban J connectivity index is 1.15. The van der Waals surface area contributed by atoms with Crippen LogP contribution in [0.25, 0.3) is 82.5 Å². The molecule has 0 aliphatic carbocycles. The van der Waals surface area contributed by atoms with Crippen LogP contribution >= 0.6 is 0 Å². The number of para-hydroxylation sites is 2. The number of hydrogen-bond acceptors (Lipinski definition) is 4. The van der Waals surface area contributed by atoms with Crippen LogP contribution in [0.4, 0.5) is 28.4 Å². The summed E-state index contributed by atoms with van der Waals surface area (Å²) in [7, 11) is 0. The number of anilines is 5. The lowest BCUT2D eigenvalue weighted by molar-refractivity contribution is 0.590. The first-order chi connectivity index (χ1) is 36.2. The van der Waals surface area contributed by atoms with Crippen LogP contribution in [0.5, 0.6) is 0 Å². The maximum atomic E-state index is 7.35. The van der Waals surface area contributed by atoms with Crippen LogP contribution in [-0.4, -0.2) is 11.4 Å². The fourth-order valence-electron chi connectivity index (χ4n) is 12.7. The molecule has 0 fully saturated rings. The van der Waals surface area contributed by atoms with Gasteiger partial charge in [0.1, 0.15) is 22.3 Å². The van der Waals surface area contributed by atoms with Crippen molar-refractivity contribution in [3.63, 3.8) is 0 Å². The van der Waals surface area contributed by atoms with E-state index in [1.807, 2.05) is 0 Å². The minimum absolute atomic E-state index is 0.0129. The topological polar surface area (TPSA) is 37.7 Å². The van der Waals surface area contributed by atoms with Gasteiger partial charge in [-0.3, -0.25) is 0 Å². The Labute approximate surface area is 446 Å². The van der Waals surface area contributed by atoms with Crippen LogP contribution in [0.3, 0.4) is 0 Å². The van der Waals surface area contributed by atoms with Gasteiger partial charge in [0.25, 0.3) is 0 Å². The summed E-state index contributed by atoms with van der Waals surface area (Å²) in [6.07, 6.45) is 0. The highest BCUT2D eigenvalue weighted by atomic mass is 16.3. The predicted molar refractivity (Wildman–Crippen MR) is 324 cm³/mol. The van der Waals surface area contributed by atoms with Crippen molar-refractivity contribution in [2.24, 2.45) is 0 Å². The maximum Gasteiger partial charge on any atom is 0.333 e.